The van der Waals surface area contributed by atoms with E-state index in [4.69, 9.17) is 5.73 Å². The van der Waals surface area contributed by atoms with Gasteiger partial charge >= 0.3 is 0 Å². The number of nitrogens with one attached hydrogen (secondary N) is 1. The monoisotopic (exact) mass is 188 g/mol. The number of anilines is 1. The molecule has 0 saturated heterocycles. The lowest BCUT2D eigenvalue weighted by atomic mass is 10.3. The molecule has 0 atom stereocenters. The first-order chi connectivity index (χ1) is 6.14. The number of nitrogens with zero attached hydrogens (tertiary/aromatic N) is 2. The number of hydrogen-bond donors (Lipinski definition) is 2. The van der Waals surface area contributed by atoms with E-state index in [0.717, 1.165) is 0 Å². The fourth-order valence-electron chi connectivity index (χ4n) is 0.687. The third kappa shape index (κ3) is 3.29. The zero-order valence-electron chi connectivity index (χ0n) is 6.87. The molecular formula is C7H10F2N4. The highest BCUT2D eigenvalue weighted by Crippen LogP contribution is 2.11. The molecule has 1 aromatic heterocycles. The summed E-state index contributed by atoms with van der Waals surface area (Å²) in [5.74, 6) is -2.53. The zero-order chi connectivity index (χ0) is 9.73. The Morgan fingerprint density at radius 1 is 1.54 bits per heavy atom. The third-order valence-corrected chi connectivity index (χ3v) is 1.41. The molecule has 0 unspecified atom stereocenters. The molecule has 0 spiro atoms. The first-order valence-corrected chi connectivity index (χ1v) is 3.72. The van der Waals surface area contributed by atoms with Gasteiger partial charge in [-0.25, -0.2) is 18.7 Å². The fourth-order valence-corrected chi connectivity index (χ4v) is 0.687. The molecule has 6 heteroatoms. The molecule has 4 nitrogen and oxygen atoms in total. The average Bonchev–Trinajstić information content (AvgIpc) is 2.17. The van der Waals surface area contributed by atoms with Gasteiger partial charge in [-0.3, -0.25) is 0 Å². The molecule has 0 aliphatic rings. The lowest BCUT2D eigenvalue weighted by Crippen LogP contribution is -2.35. The molecule has 1 aromatic rings. The van der Waals surface area contributed by atoms with E-state index in [1.807, 2.05) is 0 Å². The first-order valence-electron chi connectivity index (χ1n) is 3.72. The van der Waals surface area contributed by atoms with Crippen molar-refractivity contribution in [2.24, 2.45) is 5.73 Å². The number of aromatic nitrogens is 2. The second kappa shape index (κ2) is 4.08. The number of halogens is 2. The van der Waals surface area contributed by atoms with Crippen molar-refractivity contribution >= 4 is 5.82 Å². The lowest BCUT2D eigenvalue weighted by molar-refractivity contribution is 0.0253. The normalized spacial score (nSPS) is 11.3. The van der Waals surface area contributed by atoms with Gasteiger partial charge in [0, 0.05) is 6.20 Å². The second-order valence-corrected chi connectivity index (χ2v) is 2.51. The van der Waals surface area contributed by atoms with Crippen LogP contribution in [-0.2, 0) is 0 Å². The molecule has 0 aliphatic heterocycles. The summed E-state index contributed by atoms with van der Waals surface area (Å²) < 4.78 is 25.2. The molecule has 0 fully saturated rings. The molecule has 0 radical (unpaired) electrons. The Morgan fingerprint density at radius 3 is 2.85 bits per heavy atom. The first kappa shape index (κ1) is 9.79. The summed E-state index contributed by atoms with van der Waals surface area (Å²) in [5.41, 5.74) is 4.85. The highest BCUT2D eigenvalue weighted by molar-refractivity contribution is 5.31. The maximum absolute atomic E-state index is 12.6. The van der Waals surface area contributed by atoms with Crippen LogP contribution in [0.25, 0.3) is 0 Å². The quantitative estimate of drug-likeness (QED) is 0.721. The maximum atomic E-state index is 12.6. The van der Waals surface area contributed by atoms with E-state index < -0.39 is 19.0 Å². The van der Waals surface area contributed by atoms with Gasteiger partial charge in [0.2, 0.25) is 0 Å². The highest BCUT2D eigenvalue weighted by Gasteiger charge is 2.26. The number of nitrogens with two attached hydrogens (primary N) is 1. The van der Waals surface area contributed by atoms with Crippen molar-refractivity contribution in [2.75, 3.05) is 18.4 Å². The van der Waals surface area contributed by atoms with Gasteiger partial charge < -0.3 is 11.1 Å². The summed E-state index contributed by atoms with van der Waals surface area (Å²) in [6.45, 7) is -1.19. The van der Waals surface area contributed by atoms with E-state index in [9.17, 15) is 8.78 Å². The van der Waals surface area contributed by atoms with E-state index in [1.54, 1.807) is 0 Å². The van der Waals surface area contributed by atoms with E-state index in [1.165, 1.54) is 18.6 Å². The van der Waals surface area contributed by atoms with Crippen molar-refractivity contribution in [3.05, 3.63) is 18.6 Å². The Bertz CT molecular complexity index is 252. The maximum Gasteiger partial charge on any atom is 0.276 e. The van der Waals surface area contributed by atoms with Crippen molar-refractivity contribution < 1.29 is 8.78 Å². The fraction of sp³-hybridized carbons (Fsp3) is 0.429. The summed E-state index contributed by atoms with van der Waals surface area (Å²) in [6.07, 6.45) is 2.75. The topological polar surface area (TPSA) is 63.8 Å². The van der Waals surface area contributed by atoms with Gasteiger partial charge in [0.25, 0.3) is 5.92 Å². The van der Waals surface area contributed by atoms with Crippen LogP contribution in [0.15, 0.2) is 18.6 Å². The minimum Gasteiger partial charge on any atom is -0.364 e. The SMILES string of the molecule is NCC(F)(F)CNc1ccncn1. The van der Waals surface area contributed by atoms with Crippen LogP contribution < -0.4 is 11.1 Å². The molecule has 0 aromatic carbocycles. The smallest absolute Gasteiger partial charge is 0.276 e. The Balaban J connectivity index is 2.44. The van der Waals surface area contributed by atoms with Gasteiger partial charge in [0.15, 0.2) is 0 Å². The molecule has 3 N–H and O–H groups in total. The Morgan fingerprint density at radius 2 is 2.31 bits per heavy atom. The van der Waals surface area contributed by atoms with Crippen LogP contribution in [0.2, 0.25) is 0 Å². The van der Waals surface area contributed by atoms with E-state index in [2.05, 4.69) is 15.3 Å². The van der Waals surface area contributed by atoms with Gasteiger partial charge in [-0.2, -0.15) is 0 Å². The summed E-state index contributed by atoms with van der Waals surface area (Å²) in [4.78, 5) is 7.37. The molecule has 0 bridgehead atoms. The second-order valence-electron chi connectivity index (χ2n) is 2.51. The van der Waals surface area contributed by atoms with E-state index >= 15 is 0 Å². The van der Waals surface area contributed by atoms with Gasteiger partial charge in [-0.15, -0.1) is 0 Å². The Hall–Kier alpha value is -1.30. The van der Waals surface area contributed by atoms with Crippen LogP contribution in [0.4, 0.5) is 14.6 Å². The van der Waals surface area contributed by atoms with Crippen molar-refractivity contribution in [1.82, 2.24) is 9.97 Å². The van der Waals surface area contributed by atoms with Crippen LogP contribution in [0.3, 0.4) is 0 Å². The molecule has 0 amide bonds. The standard InChI is InChI=1S/C7H10F2N4/c8-7(9,3-10)4-12-6-1-2-11-5-13-6/h1-2,5H,3-4,10H2,(H,11,12,13). The van der Waals surface area contributed by atoms with Crippen molar-refractivity contribution in [3.63, 3.8) is 0 Å². The average molecular weight is 188 g/mol. The van der Waals surface area contributed by atoms with Crippen LogP contribution in [0.5, 0.6) is 0 Å². The minimum absolute atomic E-state index is 0.364. The summed E-state index contributed by atoms with van der Waals surface area (Å²) >= 11 is 0. The Kier molecular flexibility index (Phi) is 3.07. The van der Waals surface area contributed by atoms with Crippen molar-refractivity contribution in [1.29, 1.82) is 0 Å². The summed E-state index contributed by atoms with van der Waals surface area (Å²) in [6, 6.07) is 1.51. The molecule has 1 heterocycles. The molecule has 13 heavy (non-hydrogen) atoms. The predicted octanol–water partition coefficient (Wildman–Crippen LogP) is 0.482. The highest BCUT2D eigenvalue weighted by atomic mass is 19.3. The molecule has 1 rings (SSSR count). The van der Waals surface area contributed by atoms with E-state index in [-0.39, 0.29) is 0 Å². The molecule has 0 saturated carbocycles. The zero-order valence-corrected chi connectivity index (χ0v) is 6.87. The van der Waals surface area contributed by atoms with Crippen molar-refractivity contribution in [2.45, 2.75) is 5.92 Å². The van der Waals surface area contributed by atoms with E-state index in [0.29, 0.717) is 5.82 Å². The number of rotatable bonds is 4. The van der Waals surface area contributed by atoms with Gasteiger partial charge in [0.1, 0.15) is 12.1 Å². The third-order valence-electron chi connectivity index (χ3n) is 1.41. The van der Waals surface area contributed by atoms with Crippen molar-refractivity contribution in [3.8, 4) is 0 Å². The number of alkyl halides is 2. The molecule has 0 aliphatic carbocycles. The molecular weight excluding hydrogens is 178 g/mol. The van der Waals surface area contributed by atoms with Gasteiger partial charge in [0.05, 0.1) is 13.1 Å². The van der Waals surface area contributed by atoms with Crippen LogP contribution in [-0.4, -0.2) is 29.0 Å². The van der Waals surface area contributed by atoms with Crippen LogP contribution in [0, 0.1) is 0 Å². The Labute approximate surface area is 74.2 Å². The predicted molar refractivity (Wildman–Crippen MR) is 44.5 cm³/mol. The minimum atomic E-state index is -2.90. The van der Waals surface area contributed by atoms with Crippen LogP contribution >= 0.6 is 0 Å². The molecule has 72 valence electrons. The number of hydrogen-bond acceptors (Lipinski definition) is 4. The van der Waals surface area contributed by atoms with Gasteiger partial charge in [-0.05, 0) is 6.07 Å². The van der Waals surface area contributed by atoms with Gasteiger partial charge in [-0.1, -0.05) is 0 Å². The summed E-state index contributed by atoms with van der Waals surface area (Å²) in [7, 11) is 0. The van der Waals surface area contributed by atoms with Crippen LogP contribution in [0.1, 0.15) is 0 Å². The summed E-state index contributed by atoms with van der Waals surface area (Å²) in [5, 5.41) is 2.45. The lowest BCUT2D eigenvalue weighted by Gasteiger charge is -2.14. The largest absolute Gasteiger partial charge is 0.364 e.